The van der Waals surface area contributed by atoms with Gasteiger partial charge in [0.25, 0.3) is 0 Å². The molecule has 0 radical (unpaired) electrons. The van der Waals surface area contributed by atoms with Gasteiger partial charge in [0.1, 0.15) is 6.04 Å². The minimum Gasteiger partial charge on any atom is -0.389 e. The highest BCUT2D eigenvalue weighted by atomic mass is 16.3. The van der Waals surface area contributed by atoms with Crippen molar-refractivity contribution in [2.75, 3.05) is 26.2 Å². The molecule has 1 aliphatic heterocycles. The van der Waals surface area contributed by atoms with Crippen LogP contribution in [-0.2, 0) is 4.79 Å². The fourth-order valence-corrected chi connectivity index (χ4v) is 3.31. The first-order valence-electron chi connectivity index (χ1n) is 8.72. The number of hydrogen-bond donors (Lipinski definition) is 1. The number of aliphatic hydroxyl groups is 1. The second-order valence-corrected chi connectivity index (χ2v) is 7.07. The molecule has 4 nitrogen and oxygen atoms in total. The number of carbonyl (C=O) groups excluding carboxylic acids is 1. The van der Waals surface area contributed by atoms with Crippen molar-refractivity contribution in [2.45, 2.75) is 51.7 Å². The summed E-state index contributed by atoms with van der Waals surface area (Å²) in [6.07, 6.45) is 3.39. The van der Waals surface area contributed by atoms with Gasteiger partial charge in [-0.05, 0) is 45.2 Å². The Morgan fingerprint density at radius 1 is 1.22 bits per heavy atom. The van der Waals surface area contributed by atoms with E-state index in [2.05, 4.69) is 4.90 Å². The van der Waals surface area contributed by atoms with Crippen LogP contribution in [0, 0.1) is 0 Å². The first kappa shape index (κ1) is 18.0. The van der Waals surface area contributed by atoms with E-state index in [1.54, 1.807) is 13.8 Å². The maximum atomic E-state index is 13.2. The SMILES string of the molecule is CCN(CC(C)(C)O)C(C(=O)N1CCCCC1)c1ccccc1. The van der Waals surface area contributed by atoms with E-state index in [-0.39, 0.29) is 11.9 Å². The van der Waals surface area contributed by atoms with Gasteiger partial charge < -0.3 is 10.0 Å². The zero-order chi connectivity index (χ0) is 16.9. The van der Waals surface area contributed by atoms with Crippen molar-refractivity contribution in [3.05, 3.63) is 35.9 Å². The van der Waals surface area contributed by atoms with E-state index in [0.29, 0.717) is 6.54 Å². The molecule has 1 aliphatic rings. The highest BCUT2D eigenvalue weighted by Crippen LogP contribution is 2.26. The molecule has 1 aromatic rings. The monoisotopic (exact) mass is 318 g/mol. The van der Waals surface area contributed by atoms with E-state index in [4.69, 9.17) is 0 Å². The van der Waals surface area contributed by atoms with Gasteiger partial charge in [0.05, 0.1) is 5.60 Å². The normalized spacial score (nSPS) is 17.3. The van der Waals surface area contributed by atoms with Gasteiger partial charge in [0.2, 0.25) is 5.91 Å². The van der Waals surface area contributed by atoms with E-state index >= 15 is 0 Å². The van der Waals surface area contributed by atoms with Crippen molar-refractivity contribution >= 4 is 5.91 Å². The number of hydrogen-bond acceptors (Lipinski definition) is 3. The molecule has 0 bridgehead atoms. The lowest BCUT2D eigenvalue weighted by Crippen LogP contribution is -2.48. The summed E-state index contributed by atoms with van der Waals surface area (Å²) in [7, 11) is 0. The summed E-state index contributed by atoms with van der Waals surface area (Å²) in [5, 5.41) is 10.2. The summed E-state index contributed by atoms with van der Waals surface area (Å²) in [5.41, 5.74) is 0.180. The Bertz CT molecular complexity index is 490. The third-order valence-electron chi connectivity index (χ3n) is 4.38. The molecule has 0 aliphatic carbocycles. The van der Waals surface area contributed by atoms with Crippen molar-refractivity contribution in [1.29, 1.82) is 0 Å². The van der Waals surface area contributed by atoms with Crippen molar-refractivity contribution < 1.29 is 9.90 Å². The van der Waals surface area contributed by atoms with Gasteiger partial charge in [-0.25, -0.2) is 0 Å². The molecule has 0 spiro atoms. The standard InChI is InChI=1S/C19H30N2O2/c1-4-20(15-19(2,3)23)17(16-11-7-5-8-12-16)18(22)21-13-9-6-10-14-21/h5,7-8,11-12,17,23H,4,6,9-10,13-15H2,1-3H3. The maximum absolute atomic E-state index is 13.2. The smallest absolute Gasteiger partial charge is 0.244 e. The van der Waals surface area contributed by atoms with Crippen LogP contribution >= 0.6 is 0 Å². The number of carbonyl (C=O) groups is 1. The highest BCUT2D eigenvalue weighted by Gasteiger charge is 2.33. The Labute approximate surface area is 140 Å². The number of benzene rings is 1. The van der Waals surface area contributed by atoms with Gasteiger partial charge in [-0.15, -0.1) is 0 Å². The first-order chi connectivity index (χ1) is 10.9. The second kappa shape index (κ2) is 7.93. The van der Waals surface area contributed by atoms with Gasteiger partial charge in [0, 0.05) is 19.6 Å². The molecule has 2 rings (SSSR count). The molecular formula is C19H30N2O2. The van der Waals surface area contributed by atoms with E-state index in [1.165, 1.54) is 6.42 Å². The van der Waals surface area contributed by atoms with E-state index in [9.17, 15) is 9.90 Å². The third kappa shape index (κ3) is 5.05. The minimum atomic E-state index is -0.828. The Balaban J connectivity index is 2.28. The Kier molecular flexibility index (Phi) is 6.19. The van der Waals surface area contributed by atoms with Gasteiger partial charge in [0.15, 0.2) is 0 Å². The average molecular weight is 318 g/mol. The largest absolute Gasteiger partial charge is 0.389 e. The van der Waals surface area contributed by atoms with Crippen molar-refractivity contribution in [3.8, 4) is 0 Å². The fourth-order valence-electron chi connectivity index (χ4n) is 3.31. The summed E-state index contributed by atoms with van der Waals surface area (Å²) in [6, 6.07) is 9.64. The van der Waals surface area contributed by atoms with Gasteiger partial charge >= 0.3 is 0 Å². The number of amides is 1. The van der Waals surface area contributed by atoms with E-state index in [0.717, 1.165) is 38.0 Å². The molecule has 1 aromatic carbocycles. The van der Waals surface area contributed by atoms with Crippen molar-refractivity contribution in [1.82, 2.24) is 9.80 Å². The van der Waals surface area contributed by atoms with Crippen LogP contribution in [0.25, 0.3) is 0 Å². The molecule has 0 aromatic heterocycles. The molecule has 1 N–H and O–H groups in total. The zero-order valence-electron chi connectivity index (χ0n) is 14.7. The maximum Gasteiger partial charge on any atom is 0.244 e. The Morgan fingerprint density at radius 2 is 1.83 bits per heavy atom. The minimum absolute atomic E-state index is 0.169. The predicted octanol–water partition coefficient (Wildman–Crippen LogP) is 2.83. The topological polar surface area (TPSA) is 43.8 Å². The van der Waals surface area contributed by atoms with Crippen LogP contribution in [-0.4, -0.2) is 52.6 Å². The Morgan fingerprint density at radius 3 is 2.35 bits per heavy atom. The van der Waals surface area contributed by atoms with Crippen LogP contribution in [0.2, 0.25) is 0 Å². The lowest BCUT2D eigenvalue weighted by atomic mass is 9.99. The van der Waals surface area contributed by atoms with E-state index < -0.39 is 5.60 Å². The molecule has 1 amide bonds. The summed E-state index contributed by atoms with van der Waals surface area (Å²) < 4.78 is 0. The average Bonchev–Trinajstić information content (AvgIpc) is 2.54. The van der Waals surface area contributed by atoms with Crippen LogP contribution in [0.4, 0.5) is 0 Å². The number of piperidine rings is 1. The fraction of sp³-hybridized carbons (Fsp3) is 0.632. The van der Waals surface area contributed by atoms with Crippen LogP contribution in [0.1, 0.15) is 51.6 Å². The Hall–Kier alpha value is -1.39. The van der Waals surface area contributed by atoms with Crippen LogP contribution in [0.3, 0.4) is 0 Å². The summed E-state index contributed by atoms with van der Waals surface area (Å²) >= 11 is 0. The number of rotatable bonds is 6. The molecule has 0 saturated carbocycles. The number of likely N-dealkylation sites (tertiary alicyclic amines) is 1. The molecular weight excluding hydrogens is 288 g/mol. The van der Waals surface area contributed by atoms with Crippen LogP contribution in [0.15, 0.2) is 30.3 Å². The summed E-state index contributed by atoms with van der Waals surface area (Å²) in [5.74, 6) is 0.169. The van der Waals surface area contributed by atoms with Crippen molar-refractivity contribution in [2.24, 2.45) is 0 Å². The summed E-state index contributed by atoms with van der Waals surface area (Å²) in [4.78, 5) is 17.3. The molecule has 1 fully saturated rings. The lowest BCUT2D eigenvalue weighted by Gasteiger charge is -2.38. The molecule has 4 heteroatoms. The highest BCUT2D eigenvalue weighted by molar-refractivity contribution is 5.83. The molecule has 1 heterocycles. The predicted molar refractivity (Wildman–Crippen MR) is 93.2 cm³/mol. The van der Waals surface area contributed by atoms with Gasteiger partial charge in [-0.2, -0.15) is 0 Å². The molecule has 1 atom stereocenters. The van der Waals surface area contributed by atoms with E-state index in [1.807, 2.05) is 42.2 Å². The van der Waals surface area contributed by atoms with Crippen LogP contribution in [0.5, 0.6) is 0 Å². The second-order valence-electron chi connectivity index (χ2n) is 7.07. The van der Waals surface area contributed by atoms with Crippen molar-refractivity contribution in [3.63, 3.8) is 0 Å². The first-order valence-corrected chi connectivity index (χ1v) is 8.72. The molecule has 23 heavy (non-hydrogen) atoms. The molecule has 128 valence electrons. The third-order valence-corrected chi connectivity index (χ3v) is 4.38. The van der Waals surface area contributed by atoms with Gasteiger partial charge in [-0.1, -0.05) is 37.3 Å². The zero-order valence-corrected chi connectivity index (χ0v) is 14.7. The quantitative estimate of drug-likeness (QED) is 0.877. The summed E-state index contributed by atoms with van der Waals surface area (Å²) in [6.45, 7) is 8.54. The molecule has 1 unspecified atom stereocenters. The number of nitrogens with zero attached hydrogens (tertiary/aromatic N) is 2. The lowest BCUT2D eigenvalue weighted by molar-refractivity contribution is -0.139. The molecule has 1 saturated heterocycles. The number of likely N-dealkylation sites (N-methyl/N-ethyl adjacent to an activating group) is 1. The van der Waals surface area contributed by atoms with Crippen LogP contribution < -0.4 is 0 Å². The van der Waals surface area contributed by atoms with Gasteiger partial charge in [-0.3, -0.25) is 9.69 Å².